The van der Waals surface area contributed by atoms with E-state index in [2.05, 4.69) is 10.4 Å². The van der Waals surface area contributed by atoms with Gasteiger partial charge < -0.3 is 15.0 Å². The Bertz CT molecular complexity index is 1180. The molecule has 1 unspecified atom stereocenters. The van der Waals surface area contributed by atoms with Crippen LogP contribution in [-0.4, -0.2) is 34.0 Å². The van der Waals surface area contributed by atoms with Crippen LogP contribution in [0.25, 0.3) is 0 Å². The molecule has 2 heterocycles. The average Bonchev–Trinajstić information content (AvgIpc) is 3.21. The summed E-state index contributed by atoms with van der Waals surface area (Å²) in [6.07, 6.45) is -0.0195. The van der Waals surface area contributed by atoms with E-state index < -0.39 is 10.8 Å². The normalized spacial score (nSPS) is 19.2. The van der Waals surface area contributed by atoms with Gasteiger partial charge in [-0.25, -0.2) is 0 Å². The highest BCUT2D eigenvalue weighted by Crippen LogP contribution is 2.55. The minimum Gasteiger partial charge on any atom is -0.491 e. The predicted octanol–water partition coefficient (Wildman–Crippen LogP) is 3.48. The summed E-state index contributed by atoms with van der Waals surface area (Å²) in [6.45, 7) is 8.82. The van der Waals surface area contributed by atoms with Crippen LogP contribution < -0.4 is 15.0 Å². The van der Waals surface area contributed by atoms with E-state index in [1.807, 2.05) is 63.2 Å². The summed E-state index contributed by atoms with van der Waals surface area (Å²) in [5.74, 6) is -0.318. The number of nitrogens with zero attached hydrogens (tertiary/aromatic N) is 3. The fraction of sp³-hybridized carbons (Fsp3) is 0.333. The first-order chi connectivity index (χ1) is 15.6. The molecule has 0 aliphatic carbocycles. The Morgan fingerprint density at radius 1 is 1.18 bits per heavy atom. The van der Waals surface area contributed by atoms with E-state index in [0.717, 1.165) is 22.9 Å². The van der Waals surface area contributed by atoms with Gasteiger partial charge in [0.05, 0.1) is 18.3 Å². The zero-order valence-corrected chi connectivity index (χ0v) is 20.0. The molecule has 2 aliphatic rings. The van der Waals surface area contributed by atoms with Crippen LogP contribution in [0.2, 0.25) is 0 Å². The van der Waals surface area contributed by atoms with Crippen molar-refractivity contribution in [1.82, 2.24) is 10.3 Å². The average molecular weight is 467 g/mol. The third kappa shape index (κ3) is 3.97. The highest BCUT2D eigenvalue weighted by Gasteiger charge is 2.61. The lowest BCUT2D eigenvalue weighted by atomic mass is 10.0. The fourth-order valence-electron chi connectivity index (χ4n) is 4.06. The molecule has 8 nitrogen and oxygen atoms in total. The first kappa shape index (κ1) is 22.8. The van der Waals surface area contributed by atoms with Crippen LogP contribution >= 0.6 is 11.8 Å². The van der Waals surface area contributed by atoms with Gasteiger partial charge in [-0.1, -0.05) is 35.9 Å². The van der Waals surface area contributed by atoms with Gasteiger partial charge in [0.1, 0.15) is 5.75 Å². The number of nitrogens with one attached hydrogen (secondary N) is 1. The Kier molecular flexibility index (Phi) is 5.92. The maximum absolute atomic E-state index is 14.1. The molecule has 1 spiro atoms. The molecule has 2 aromatic rings. The zero-order valence-electron chi connectivity index (χ0n) is 19.2. The summed E-state index contributed by atoms with van der Waals surface area (Å²) in [6, 6.07) is 13.3. The molecule has 4 rings (SSSR count). The summed E-state index contributed by atoms with van der Waals surface area (Å²) in [5, 5.41) is 8.32. The minimum atomic E-state index is -1.42. The second-order valence-corrected chi connectivity index (χ2v) is 9.53. The fourth-order valence-corrected chi connectivity index (χ4v) is 5.38. The van der Waals surface area contributed by atoms with Crippen LogP contribution in [-0.2, 0) is 25.8 Å². The quantitative estimate of drug-likeness (QED) is 0.745. The molecule has 2 aliphatic heterocycles. The van der Waals surface area contributed by atoms with Crippen LogP contribution in [0.15, 0.2) is 47.6 Å². The SMILES string of the molecule is CC(=O)NC1=NN(C(C)=O)C2(S1)C(=O)N(Cc1ccccc1OC(C)C)c1ccc(C)cc12. The van der Waals surface area contributed by atoms with Gasteiger partial charge in [0, 0.05) is 25.0 Å². The second-order valence-electron chi connectivity index (χ2n) is 8.35. The van der Waals surface area contributed by atoms with Crippen LogP contribution in [0.3, 0.4) is 0 Å². The van der Waals surface area contributed by atoms with Crippen molar-refractivity contribution in [3.63, 3.8) is 0 Å². The predicted molar refractivity (Wildman–Crippen MR) is 128 cm³/mol. The molecule has 0 radical (unpaired) electrons. The molecule has 0 fully saturated rings. The third-order valence-electron chi connectivity index (χ3n) is 5.32. The Balaban J connectivity index is 1.81. The third-order valence-corrected chi connectivity index (χ3v) is 6.56. The molecule has 0 saturated heterocycles. The minimum absolute atomic E-state index is 0.0195. The van der Waals surface area contributed by atoms with Crippen molar-refractivity contribution in [2.45, 2.75) is 52.1 Å². The highest BCUT2D eigenvalue weighted by molar-refractivity contribution is 8.15. The van der Waals surface area contributed by atoms with Gasteiger partial charge in [0.15, 0.2) is 5.17 Å². The second kappa shape index (κ2) is 8.55. The van der Waals surface area contributed by atoms with Crippen LogP contribution in [0, 0.1) is 6.92 Å². The molecule has 1 N–H and O–H groups in total. The number of para-hydroxylation sites is 1. The monoisotopic (exact) mass is 466 g/mol. The Morgan fingerprint density at radius 2 is 1.91 bits per heavy atom. The molecule has 2 aromatic carbocycles. The molecule has 0 saturated carbocycles. The number of carbonyl (C=O) groups is 3. The lowest BCUT2D eigenvalue weighted by molar-refractivity contribution is -0.139. The molecule has 0 bridgehead atoms. The number of ether oxygens (including phenoxy) is 1. The molecule has 172 valence electrons. The number of hydrazone groups is 1. The summed E-state index contributed by atoms with van der Waals surface area (Å²) in [4.78, 5) is 38.6. The molecule has 1 atom stereocenters. The van der Waals surface area contributed by atoms with Crippen molar-refractivity contribution in [1.29, 1.82) is 0 Å². The van der Waals surface area contributed by atoms with E-state index in [1.54, 1.807) is 4.90 Å². The number of hydrogen-bond donors (Lipinski definition) is 1. The van der Waals surface area contributed by atoms with Crippen molar-refractivity contribution in [3.8, 4) is 5.75 Å². The van der Waals surface area contributed by atoms with Gasteiger partial charge in [0.2, 0.25) is 16.7 Å². The molecule has 3 amide bonds. The standard InChI is InChI=1S/C24H26N4O4S/c1-14(2)32-21-9-7-6-8-18(21)13-27-20-11-10-15(3)12-19(20)24(22(27)31)28(17(5)30)26-23(33-24)25-16(4)29/h6-12,14H,13H2,1-5H3,(H,25,26,29). The number of carbonyl (C=O) groups excluding carboxylic acids is 3. The topological polar surface area (TPSA) is 91.3 Å². The number of hydrogen-bond acceptors (Lipinski definition) is 6. The number of amidine groups is 1. The Labute approximate surface area is 197 Å². The van der Waals surface area contributed by atoms with Crippen molar-refractivity contribution >= 4 is 40.3 Å². The number of anilines is 1. The van der Waals surface area contributed by atoms with E-state index in [-0.39, 0.29) is 29.6 Å². The zero-order chi connectivity index (χ0) is 23.9. The molecule has 0 aromatic heterocycles. The summed E-state index contributed by atoms with van der Waals surface area (Å²) in [7, 11) is 0. The molecular weight excluding hydrogens is 440 g/mol. The van der Waals surface area contributed by atoms with Gasteiger partial charge in [-0.05, 0) is 44.7 Å². The lowest BCUT2D eigenvalue weighted by Gasteiger charge is -2.29. The molecule has 33 heavy (non-hydrogen) atoms. The van der Waals surface area contributed by atoms with Gasteiger partial charge in [-0.3, -0.25) is 14.4 Å². The first-order valence-corrected chi connectivity index (χ1v) is 11.5. The van der Waals surface area contributed by atoms with Gasteiger partial charge >= 0.3 is 0 Å². The summed E-state index contributed by atoms with van der Waals surface area (Å²) >= 11 is 1.07. The largest absolute Gasteiger partial charge is 0.491 e. The van der Waals surface area contributed by atoms with E-state index in [4.69, 9.17) is 4.74 Å². The van der Waals surface area contributed by atoms with Gasteiger partial charge in [-0.2, -0.15) is 5.01 Å². The number of amides is 3. The Morgan fingerprint density at radius 3 is 2.58 bits per heavy atom. The van der Waals surface area contributed by atoms with Gasteiger partial charge in [0.25, 0.3) is 5.91 Å². The first-order valence-electron chi connectivity index (χ1n) is 10.7. The maximum Gasteiger partial charge on any atom is 0.271 e. The van der Waals surface area contributed by atoms with Crippen LogP contribution in [0.4, 0.5) is 5.69 Å². The maximum atomic E-state index is 14.1. The van der Waals surface area contributed by atoms with Gasteiger partial charge in [-0.15, -0.1) is 5.10 Å². The van der Waals surface area contributed by atoms with E-state index in [0.29, 0.717) is 17.0 Å². The summed E-state index contributed by atoms with van der Waals surface area (Å²) in [5.41, 5.74) is 3.16. The van der Waals surface area contributed by atoms with Crippen molar-refractivity contribution in [2.24, 2.45) is 5.10 Å². The smallest absolute Gasteiger partial charge is 0.271 e. The Hall–Kier alpha value is -3.33. The van der Waals surface area contributed by atoms with Crippen molar-refractivity contribution in [2.75, 3.05) is 4.90 Å². The van der Waals surface area contributed by atoms with Crippen LogP contribution in [0.1, 0.15) is 44.4 Å². The highest BCUT2D eigenvalue weighted by atomic mass is 32.2. The van der Waals surface area contributed by atoms with Crippen molar-refractivity contribution in [3.05, 3.63) is 59.2 Å². The van der Waals surface area contributed by atoms with E-state index in [1.165, 1.54) is 18.9 Å². The van der Waals surface area contributed by atoms with Crippen LogP contribution in [0.5, 0.6) is 5.75 Å². The number of benzene rings is 2. The number of aryl methyl sites for hydroxylation is 1. The number of thioether (sulfide) groups is 1. The number of fused-ring (bicyclic) bond motifs is 2. The number of rotatable bonds is 4. The van der Waals surface area contributed by atoms with Crippen molar-refractivity contribution < 1.29 is 19.1 Å². The molecule has 9 heteroatoms. The summed E-state index contributed by atoms with van der Waals surface area (Å²) < 4.78 is 5.96. The lowest BCUT2D eigenvalue weighted by Crippen LogP contribution is -2.48. The van der Waals surface area contributed by atoms with E-state index in [9.17, 15) is 14.4 Å². The molecular formula is C24H26N4O4S. The van der Waals surface area contributed by atoms with E-state index >= 15 is 0 Å².